The predicted molar refractivity (Wildman–Crippen MR) is 120 cm³/mol. The summed E-state index contributed by atoms with van der Waals surface area (Å²) in [5.41, 5.74) is 0. The van der Waals surface area contributed by atoms with Crippen LogP contribution in [0.4, 0.5) is 0 Å². The van der Waals surface area contributed by atoms with E-state index in [9.17, 15) is 0 Å². The molecule has 0 aromatic heterocycles. The molecule has 1 rings (SSSR count). The van der Waals surface area contributed by atoms with Crippen LogP contribution in [-0.4, -0.2) is 0 Å². The van der Waals surface area contributed by atoms with E-state index in [0.29, 0.717) is 0 Å². The van der Waals surface area contributed by atoms with Crippen LogP contribution in [0.1, 0.15) is 131 Å². The lowest BCUT2D eigenvalue weighted by atomic mass is 9.85. The summed E-state index contributed by atoms with van der Waals surface area (Å²) in [7, 11) is 0. The molecule has 0 radical (unpaired) electrons. The Morgan fingerprint density at radius 3 is 0.731 bits per heavy atom. The number of hydrogen-bond acceptors (Lipinski definition) is 0. The highest BCUT2D eigenvalue weighted by Gasteiger charge is 2.13. The van der Waals surface area contributed by atoms with Crippen molar-refractivity contribution in [3.05, 3.63) is 0 Å². The third kappa shape index (κ3) is 12.4. The molecule has 0 saturated heterocycles. The second-order valence-corrected chi connectivity index (χ2v) is 10.8. The first-order valence-corrected chi connectivity index (χ1v) is 12.4. The van der Waals surface area contributed by atoms with E-state index in [-0.39, 0.29) is 0 Å². The van der Waals surface area contributed by atoms with Crippen LogP contribution < -0.4 is 0 Å². The van der Waals surface area contributed by atoms with Crippen LogP contribution >= 0.6 is 0 Å². The van der Waals surface area contributed by atoms with Gasteiger partial charge >= 0.3 is 0 Å². The maximum atomic E-state index is 2.50. The highest BCUT2D eigenvalue weighted by molar-refractivity contribution is 4.66. The zero-order valence-electron chi connectivity index (χ0n) is 19.4. The SMILES string of the molecule is CC1CCCC(C)CC(C)CCCC(C)CCCC(C)CC(C)CCC1. The van der Waals surface area contributed by atoms with E-state index in [2.05, 4.69) is 41.5 Å². The lowest BCUT2D eigenvalue weighted by Gasteiger charge is -2.21. The zero-order chi connectivity index (χ0) is 19.4. The summed E-state index contributed by atoms with van der Waals surface area (Å²) in [5, 5.41) is 0. The van der Waals surface area contributed by atoms with E-state index in [4.69, 9.17) is 0 Å². The van der Waals surface area contributed by atoms with Crippen LogP contribution in [-0.2, 0) is 0 Å². The van der Waals surface area contributed by atoms with Crippen LogP contribution in [0, 0.1) is 35.5 Å². The maximum absolute atomic E-state index is 2.50. The molecule has 1 aliphatic carbocycles. The zero-order valence-corrected chi connectivity index (χ0v) is 19.4. The normalized spacial score (nSPS) is 38.5. The van der Waals surface area contributed by atoms with Gasteiger partial charge in [0.15, 0.2) is 0 Å². The summed E-state index contributed by atoms with van der Waals surface area (Å²) < 4.78 is 0. The Morgan fingerprint density at radius 2 is 0.500 bits per heavy atom. The second kappa shape index (κ2) is 14.1. The average Bonchev–Trinajstić information content (AvgIpc) is 2.53. The summed E-state index contributed by atoms with van der Waals surface area (Å²) in [6.45, 7) is 15.0. The molecule has 0 amide bonds. The van der Waals surface area contributed by atoms with Gasteiger partial charge in [0, 0.05) is 0 Å². The predicted octanol–water partition coefficient (Wildman–Crippen LogP) is 9.28. The van der Waals surface area contributed by atoms with E-state index in [1.165, 1.54) is 89.9 Å². The van der Waals surface area contributed by atoms with Crippen molar-refractivity contribution in [1.82, 2.24) is 0 Å². The van der Waals surface area contributed by atoms with Gasteiger partial charge in [-0.2, -0.15) is 0 Å². The van der Waals surface area contributed by atoms with Crippen LogP contribution in [0.15, 0.2) is 0 Å². The average molecular weight is 365 g/mol. The smallest absolute Gasteiger partial charge is 0.0440 e. The molecule has 1 aliphatic rings. The molecule has 4 atom stereocenters. The monoisotopic (exact) mass is 364 g/mol. The Kier molecular flexibility index (Phi) is 13.0. The fourth-order valence-electron chi connectivity index (χ4n) is 5.39. The first-order valence-electron chi connectivity index (χ1n) is 12.4. The fraction of sp³-hybridized carbons (Fsp3) is 1.00. The summed E-state index contributed by atoms with van der Waals surface area (Å²) in [5.74, 6) is 5.61. The van der Waals surface area contributed by atoms with Gasteiger partial charge in [0.2, 0.25) is 0 Å². The van der Waals surface area contributed by atoms with Gasteiger partial charge in [-0.15, -0.1) is 0 Å². The van der Waals surface area contributed by atoms with Crippen LogP contribution in [0.2, 0.25) is 0 Å². The molecule has 0 spiro atoms. The van der Waals surface area contributed by atoms with Crippen molar-refractivity contribution < 1.29 is 0 Å². The molecule has 0 heterocycles. The Balaban J connectivity index is 2.44. The van der Waals surface area contributed by atoms with Gasteiger partial charge in [-0.3, -0.25) is 0 Å². The van der Waals surface area contributed by atoms with E-state index in [0.717, 1.165) is 35.5 Å². The summed E-state index contributed by atoms with van der Waals surface area (Å²) in [6, 6.07) is 0. The minimum atomic E-state index is 0.932. The fourth-order valence-corrected chi connectivity index (χ4v) is 5.39. The molecule has 4 unspecified atom stereocenters. The summed E-state index contributed by atoms with van der Waals surface area (Å²) >= 11 is 0. The molecule has 156 valence electrons. The molecular weight excluding hydrogens is 312 g/mol. The van der Waals surface area contributed by atoms with E-state index in [1.54, 1.807) is 0 Å². The van der Waals surface area contributed by atoms with Gasteiger partial charge < -0.3 is 0 Å². The van der Waals surface area contributed by atoms with E-state index in [1.807, 2.05) is 0 Å². The van der Waals surface area contributed by atoms with Gasteiger partial charge in [-0.1, -0.05) is 119 Å². The molecule has 1 fully saturated rings. The van der Waals surface area contributed by atoms with Gasteiger partial charge in [0.25, 0.3) is 0 Å². The Hall–Kier alpha value is 0. The summed E-state index contributed by atoms with van der Waals surface area (Å²) in [4.78, 5) is 0. The number of rotatable bonds is 0. The van der Waals surface area contributed by atoms with Gasteiger partial charge in [0.1, 0.15) is 0 Å². The molecular formula is C26H52. The molecule has 1 saturated carbocycles. The lowest BCUT2D eigenvalue weighted by Crippen LogP contribution is -2.07. The third-order valence-corrected chi connectivity index (χ3v) is 7.18. The van der Waals surface area contributed by atoms with Crippen molar-refractivity contribution in [3.63, 3.8) is 0 Å². The van der Waals surface area contributed by atoms with Crippen molar-refractivity contribution in [2.75, 3.05) is 0 Å². The first-order chi connectivity index (χ1) is 12.4. The molecule has 0 aromatic carbocycles. The van der Waals surface area contributed by atoms with Crippen molar-refractivity contribution in [3.8, 4) is 0 Å². The van der Waals surface area contributed by atoms with E-state index >= 15 is 0 Å². The second-order valence-electron chi connectivity index (χ2n) is 10.8. The van der Waals surface area contributed by atoms with Crippen molar-refractivity contribution >= 4 is 0 Å². The summed E-state index contributed by atoms with van der Waals surface area (Å²) in [6.07, 6.45) is 20.4. The topological polar surface area (TPSA) is 0 Å². The van der Waals surface area contributed by atoms with Crippen molar-refractivity contribution in [2.45, 2.75) is 131 Å². The molecule has 0 heteroatoms. The molecule has 0 N–H and O–H groups in total. The van der Waals surface area contributed by atoms with Crippen LogP contribution in [0.3, 0.4) is 0 Å². The molecule has 26 heavy (non-hydrogen) atoms. The van der Waals surface area contributed by atoms with Gasteiger partial charge in [0.05, 0.1) is 0 Å². The highest BCUT2D eigenvalue weighted by Crippen LogP contribution is 2.28. The Bertz CT molecular complexity index is 260. The largest absolute Gasteiger partial charge is 0.0625 e. The minimum Gasteiger partial charge on any atom is -0.0625 e. The highest BCUT2D eigenvalue weighted by atomic mass is 14.2. The van der Waals surface area contributed by atoms with Crippen molar-refractivity contribution in [1.29, 1.82) is 0 Å². The maximum Gasteiger partial charge on any atom is -0.0440 e. The minimum absolute atomic E-state index is 0.932. The quantitative estimate of drug-likeness (QED) is 0.401. The molecule has 0 bridgehead atoms. The first kappa shape index (κ1) is 24.0. The standard InChI is InChI=1S/C26H52/c1-21-11-7-15-23(3)19-25(5)17-9-13-22(2)14-10-18-26(6)20-24(4)16-8-12-21/h21-26H,7-20H2,1-6H3. The Labute approximate surface area is 167 Å². The molecule has 0 aromatic rings. The molecule has 0 aliphatic heterocycles. The third-order valence-electron chi connectivity index (χ3n) is 7.18. The van der Waals surface area contributed by atoms with Crippen molar-refractivity contribution in [2.24, 2.45) is 35.5 Å². The Morgan fingerprint density at radius 1 is 0.308 bits per heavy atom. The van der Waals surface area contributed by atoms with Gasteiger partial charge in [-0.05, 0) is 48.3 Å². The lowest BCUT2D eigenvalue weighted by molar-refractivity contribution is 0.316. The van der Waals surface area contributed by atoms with Crippen LogP contribution in [0.25, 0.3) is 0 Å². The van der Waals surface area contributed by atoms with E-state index < -0.39 is 0 Å². The number of hydrogen-bond donors (Lipinski definition) is 0. The molecule has 0 nitrogen and oxygen atoms in total. The van der Waals surface area contributed by atoms with Gasteiger partial charge in [-0.25, -0.2) is 0 Å². The van der Waals surface area contributed by atoms with Crippen LogP contribution in [0.5, 0.6) is 0 Å².